The van der Waals surface area contributed by atoms with Gasteiger partial charge in [0.2, 0.25) is 17.2 Å². The normalized spacial score (nSPS) is 14.9. The van der Waals surface area contributed by atoms with Gasteiger partial charge in [0, 0.05) is 13.1 Å². The Labute approximate surface area is 165 Å². The predicted octanol–water partition coefficient (Wildman–Crippen LogP) is 5.27. The van der Waals surface area contributed by atoms with E-state index in [4.69, 9.17) is 25.1 Å². The number of halogens is 1. The molecule has 1 saturated heterocycles. The maximum absolute atomic E-state index is 13.6. The lowest BCUT2D eigenvalue weighted by atomic mass is 10.2. The van der Waals surface area contributed by atoms with Crippen LogP contribution in [0.3, 0.4) is 0 Å². The van der Waals surface area contributed by atoms with E-state index in [1.54, 1.807) is 6.07 Å². The Morgan fingerprint density at radius 3 is 2.37 bits per heavy atom. The molecule has 0 bridgehead atoms. The first-order chi connectivity index (χ1) is 13.1. The summed E-state index contributed by atoms with van der Waals surface area (Å²) < 4.78 is 31.1. The zero-order chi connectivity index (χ0) is 19.3. The van der Waals surface area contributed by atoms with E-state index >= 15 is 0 Å². The molecule has 0 saturated carbocycles. The van der Waals surface area contributed by atoms with Crippen molar-refractivity contribution >= 4 is 30.5 Å². The molecule has 1 aliphatic rings. The van der Waals surface area contributed by atoms with Crippen molar-refractivity contribution in [1.29, 1.82) is 0 Å². The van der Waals surface area contributed by atoms with Gasteiger partial charge >= 0.3 is 7.60 Å². The number of nitrogens with zero attached hydrogens (tertiary/aromatic N) is 2. The second-order valence-corrected chi connectivity index (χ2v) is 8.83. The molecule has 8 heteroatoms. The average molecular weight is 413 g/mol. The van der Waals surface area contributed by atoms with Gasteiger partial charge in [-0.25, -0.2) is 0 Å². The maximum Gasteiger partial charge on any atom is 0.385 e. The van der Waals surface area contributed by atoms with Gasteiger partial charge in [-0.3, -0.25) is 4.57 Å². The van der Waals surface area contributed by atoms with Crippen LogP contribution in [-0.2, 0) is 13.6 Å². The Morgan fingerprint density at radius 2 is 1.78 bits per heavy atom. The van der Waals surface area contributed by atoms with Crippen LogP contribution in [0.2, 0.25) is 5.02 Å². The third kappa shape index (κ3) is 4.57. The Kier molecular flexibility index (Phi) is 6.99. The average Bonchev–Trinajstić information content (AvgIpc) is 3.35. The molecule has 0 atom stereocenters. The number of aromatic nitrogens is 1. The molecule has 0 N–H and O–H groups in total. The fourth-order valence-electron chi connectivity index (χ4n) is 2.94. The summed E-state index contributed by atoms with van der Waals surface area (Å²) in [5.41, 5.74) is 0.907. The topological polar surface area (TPSA) is 64.8 Å². The Bertz CT molecular complexity index is 793. The minimum Gasteiger partial charge on any atom is -0.419 e. The van der Waals surface area contributed by atoms with Crippen LogP contribution in [0, 0.1) is 0 Å². The molecule has 3 rings (SSSR count). The van der Waals surface area contributed by atoms with E-state index in [9.17, 15) is 4.57 Å². The van der Waals surface area contributed by atoms with Gasteiger partial charge in [-0.1, -0.05) is 37.6 Å². The highest BCUT2D eigenvalue weighted by Crippen LogP contribution is 2.50. The van der Waals surface area contributed by atoms with Crippen molar-refractivity contribution in [3.63, 3.8) is 0 Å². The number of hydrogen-bond donors (Lipinski definition) is 0. The summed E-state index contributed by atoms with van der Waals surface area (Å²) in [4.78, 5) is 6.61. The summed E-state index contributed by atoms with van der Waals surface area (Å²) in [7, 11) is -3.60. The van der Waals surface area contributed by atoms with Gasteiger partial charge in [0.25, 0.3) is 0 Å². The first kappa shape index (κ1) is 20.4. The summed E-state index contributed by atoms with van der Waals surface area (Å²) in [5, 5.41) is 0.525. The second kappa shape index (κ2) is 9.24. The minimum absolute atomic E-state index is 0.251. The molecule has 0 unspecified atom stereocenters. The maximum atomic E-state index is 13.6. The van der Waals surface area contributed by atoms with E-state index in [2.05, 4.69) is 9.88 Å². The van der Waals surface area contributed by atoms with Crippen LogP contribution in [0.25, 0.3) is 11.5 Å². The fraction of sp³-hybridized carbons (Fsp3) is 0.526. The number of anilines is 1. The van der Waals surface area contributed by atoms with E-state index in [0.29, 0.717) is 35.6 Å². The van der Waals surface area contributed by atoms with Crippen LogP contribution in [0.4, 0.5) is 5.88 Å². The first-order valence-corrected chi connectivity index (χ1v) is 11.4. The van der Waals surface area contributed by atoms with Gasteiger partial charge in [-0.15, -0.1) is 0 Å². The number of benzene rings is 1. The van der Waals surface area contributed by atoms with E-state index in [1.807, 2.05) is 32.0 Å². The smallest absolute Gasteiger partial charge is 0.385 e. The molecule has 2 aromatic rings. The molecule has 1 aromatic heterocycles. The third-order valence-corrected chi connectivity index (χ3v) is 6.46. The number of rotatable bonds is 9. The summed E-state index contributed by atoms with van der Waals surface area (Å²) in [6, 6.07) is 7.31. The lowest BCUT2D eigenvalue weighted by molar-refractivity contribution is 0.213. The largest absolute Gasteiger partial charge is 0.419 e. The van der Waals surface area contributed by atoms with Crippen LogP contribution in [0.1, 0.15) is 39.5 Å². The summed E-state index contributed by atoms with van der Waals surface area (Å²) in [5.74, 6) is 0.802. The number of hydrogen-bond acceptors (Lipinski definition) is 6. The summed E-state index contributed by atoms with van der Waals surface area (Å²) in [6.45, 7) is 6.23. The molecule has 0 amide bonds. The monoisotopic (exact) mass is 412 g/mol. The first-order valence-electron chi connectivity index (χ1n) is 9.49. The van der Waals surface area contributed by atoms with Crippen LogP contribution in [0.5, 0.6) is 0 Å². The van der Waals surface area contributed by atoms with Gasteiger partial charge in [0.1, 0.15) is 0 Å². The van der Waals surface area contributed by atoms with Crippen molar-refractivity contribution in [3.8, 4) is 11.5 Å². The molecule has 2 heterocycles. The zero-order valence-corrected chi connectivity index (χ0v) is 17.5. The van der Waals surface area contributed by atoms with E-state index in [1.165, 1.54) is 0 Å². The highest BCUT2D eigenvalue weighted by molar-refractivity contribution is 7.62. The molecule has 6 nitrogen and oxygen atoms in total. The highest BCUT2D eigenvalue weighted by Gasteiger charge is 2.38. The Balaban J connectivity index is 2.07. The zero-order valence-electron chi connectivity index (χ0n) is 15.8. The molecular formula is C19H26ClN2O4P. The standard InChI is InChI=1S/C19H26ClN2O4P/c1-3-13-24-27(23,25-14-4-2)18-19(22-11-7-8-12-22)26-17(21-18)15-9-5-6-10-16(15)20/h5-6,9-10H,3-4,7-8,11-14H2,1-2H3. The van der Waals surface area contributed by atoms with Gasteiger partial charge in [-0.2, -0.15) is 4.98 Å². The molecule has 0 radical (unpaired) electrons. The van der Waals surface area contributed by atoms with Crippen LogP contribution in [-0.4, -0.2) is 31.3 Å². The van der Waals surface area contributed by atoms with Crippen molar-refractivity contribution in [2.45, 2.75) is 39.5 Å². The molecule has 0 aliphatic carbocycles. The summed E-state index contributed by atoms with van der Waals surface area (Å²) >= 11 is 6.32. The van der Waals surface area contributed by atoms with E-state index in [0.717, 1.165) is 38.8 Å². The van der Waals surface area contributed by atoms with Crippen LogP contribution < -0.4 is 10.3 Å². The van der Waals surface area contributed by atoms with Crippen molar-refractivity contribution in [2.75, 3.05) is 31.2 Å². The van der Waals surface area contributed by atoms with Gasteiger partial charge < -0.3 is 18.4 Å². The van der Waals surface area contributed by atoms with Crippen LogP contribution in [0.15, 0.2) is 28.7 Å². The molecule has 148 valence electrons. The minimum atomic E-state index is -3.60. The molecule has 1 aliphatic heterocycles. The van der Waals surface area contributed by atoms with Gasteiger partial charge in [0.05, 0.1) is 23.8 Å². The van der Waals surface area contributed by atoms with Crippen molar-refractivity contribution < 1.29 is 18.0 Å². The van der Waals surface area contributed by atoms with E-state index in [-0.39, 0.29) is 5.44 Å². The quantitative estimate of drug-likeness (QED) is 0.523. The highest BCUT2D eigenvalue weighted by atomic mass is 35.5. The van der Waals surface area contributed by atoms with Crippen molar-refractivity contribution in [3.05, 3.63) is 29.3 Å². The third-order valence-electron chi connectivity index (χ3n) is 4.28. The molecule has 0 spiro atoms. The Hall–Kier alpha value is -1.33. The fourth-order valence-corrected chi connectivity index (χ4v) is 4.96. The van der Waals surface area contributed by atoms with Crippen LogP contribution >= 0.6 is 19.2 Å². The second-order valence-electron chi connectivity index (χ2n) is 6.49. The molecule has 1 fully saturated rings. The van der Waals surface area contributed by atoms with Crippen molar-refractivity contribution in [1.82, 2.24) is 4.98 Å². The van der Waals surface area contributed by atoms with Crippen molar-refractivity contribution in [2.24, 2.45) is 0 Å². The Morgan fingerprint density at radius 1 is 1.15 bits per heavy atom. The number of oxazole rings is 1. The summed E-state index contributed by atoms with van der Waals surface area (Å²) in [6.07, 6.45) is 3.57. The molecule has 1 aromatic carbocycles. The lowest BCUT2D eigenvalue weighted by Crippen LogP contribution is -2.25. The van der Waals surface area contributed by atoms with Gasteiger partial charge in [0.15, 0.2) is 0 Å². The molecule has 27 heavy (non-hydrogen) atoms. The predicted molar refractivity (Wildman–Crippen MR) is 108 cm³/mol. The van der Waals surface area contributed by atoms with Gasteiger partial charge in [-0.05, 0) is 37.8 Å². The van der Waals surface area contributed by atoms with E-state index < -0.39 is 7.60 Å². The lowest BCUT2D eigenvalue weighted by Gasteiger charge is -2.20. The molecular weight excluding hydrogens is 387 g/mol. The SMILES string of the molecule is CCCOP(=O)(OCCC)c1nc(-c2ccccc2Cl)oc1N1CCCC1.